The second kappa shape index (κ2) is 7.55. The van der Waals surface area contributed by atoms with Gasteiger partial charge in [0.2, 0.25) is 0 Å². The van der Waals surface area contributed by atoms with E-state index in [0.29, 0.717) is 28.8 Å². The molecule has 0 radical (unpaired) electrons. The number of benzene rings is 1. The third-order valence-corrected chi connectivity index (χ3v) is 4.11. The molecule has 6 heteroatoms. The Morgan fingerprint density at radius 1 is 1.17 bits per heavy atom. The first-order valence-corrected chi connectivity index (χ1v) is 8.15. The van der Waals surface area contributed by atoms with Gasteiger partial charge in [0.15, 0.2) is 0 Å². The predicted octanol–water partition coefficient (Wildman–Crippen LogP) is 3.35. The fourth-order valence-corrected chi connectivity index (χ4v) is 2.88. The van der Waals surface area contributed by atoms with Gasteiger partial charge in [0, 0.05) is 17.8 Å². The molecule has 1 aromatic heterocycles. The smallest absolute Gasteiger partial charge is 0.274 e. The van der Waals surface area contributed by atoms with Crippen molar-refractivity contribution < 1.29 is 4.79 Å². The van der Waals surface area contributed by atoms with Crippen molar-refractivity contribution in [1.29, 1.82) is 5.26 Å². The maximum absolute atomic E-state index is 12.3. The zero-order valence-corrected chi connectivity index (χ0v) is 13.3. The largest absolute Gasteiger partial charge is 0.367 e. The van der Waals surface area contributed by atoms with Gasteiger partial charge in [-0.25, -0.2) is 9.97 Å². The minimum absolute atomic E-state index is 0.297. The van der Waals surface area contributed by atoms with Gasteiger partial charge in [0.1, 0.15) is 17.8 Å². The van der Waals surface area contributed by atoms with Gasteiger partial charge in [-0.3, -0.25) is 4.79 Å². The van der Waals surface area contributed by atoms with E-state index in [9.17, 15) is 4.79 Å². The summed E-state index contributed by atoms with van der Waals surface area (Å²) in [6.45, 7) is 0. The predicted molar refractivity (Wildman–Crippen MR) is 91.6 cm³/mol. The molecule has 0 spiro atoms. The van der Waals surface area contributed by atoms with Crippen LogP contribution in [0.2, 0.25) is 0 Å². The summed E-state index contributed by atoms with van der Waals surface area (Å²) in [5, 5.41) is 15.1. The van der Waals surface area contributed by atoms with Gasteiger partial charge in [-0.05, 0) is 31.0 Å². The first kappa shape index (κ1) is 15.9. The number of rotatable bonds is 4. The number of amides is 1. The van der Waals surface area contributed by atoms with Crippen molar-refractivity contribution in [2.45, 2.75) is 38.1 Å². The van der Waals surface area contributed by atoms with Gasteiger partial charge in [-0.15, -0.1) is 0 Å². The average Bonchev–Trinajstić information content (AvgIpc) is 2.63. The maximum Gasteiger partial charge on any atom is 0.274 e. The number of aromatic nitrogens is 2. The van der Waals surface area contributed by atoms with Crippen molar-refractivity contribution >= 4 is 17.4 Å². The second-order valence-electron chi connectivity index (χ2n) is 5.91. The monoisotopic (exact) mass is 321 g/mol. The highest BCUT2D eigenvalue weighted by molar-refractivity contribution is 6.03. The molecule has 0 aliphatic heterocycles. The van der Waals surface area contributed by atoms with Gasteiger partial charge >= 0.3 is 0 Å². The van der Waals surface area contributed by atoms with Crippen LogP contribution in [0.25, 0.3) is 0 Å². The highest BCUT2D eigenvalue weighted by Crippen LogP contribution is 2.21. The second-order valence-corrected chi connectivity index (χ2v) is 5.91. The Labute approximate surface area is 140 Å². The van der Waals surface area contributed by atoms with Crippen LogP contribution >= 0.6 is 0 Å². The number of carbonyl (C=O) groups excluding carboxylic acids is 1. The summed E-state index contributed by atoms with van der Waals surface area (Å²) in [4.78, 5) is 20.6. The summed E-state index contributed by atoms with van der Waals surface area (Å²) in [6, 6.07) is 10.9. The van der Waals surface area contributed by atoms with Crippen LogP contribution in [-0.4, -0.2) is 21.9 Å². The summed E-state index contributed by atoms with van der Waals surface area (Å²) in [5.74, 6) is 0.354. The topological polar surface area (TPSA) is 90.7 Å². The van der Waals surface area contributed by atoms with Crippen LogP contribution in [0.15, 0.2) is 36.7 Å². The zero-order valence-electron chi connectivity index (χ0n) is 13.3. The molecule has 1 aliphatic rings. The summed E-state index contributed by atoms with van der Waals surface area (Å²) in [5.41, 5.74) is 1.36. The van der Waals surface area contributed by atoms with Crippen molar-refractivity contribution in [1.82, 2.24) is 9.97 Å². The highest BCUT2D eigenvalue weighted by Gasteiger charge is 2.15. The fourth-order valence-electron chi connectivity index (χ4n) is 2.88. The first-order chi connectivity index (χ1) is 11.7. The normalized spacial score (nSPS) is 14.6. The number of nitrogens with zero attached hydrogens (tertiary/aromatic N) is 3. The SMILES string of the molecule is N#Cc1cccc(NC(=O)c2cc(NC3CCCCC3)ncn2)c1. The Hall–Kier alpha value is -2.94. The van der Waals surface area contributed by atoms with E-state index in [1.165, 1.54) is 25.6 Å². The molecule has 6 nitrogen and oxygen atoms in total. The summed E-state index contributed by atoms with van der Waals surface area (Å²) < 4.78 is 0. The van der Waals surface area contributed by atoms with E-state index in [2.05, 4.69) is 20.6 Å². The van der Waals surface area contributed by atoms with Crippen LogP contribution in [0.1, 0.15) is 48.2 Å². The lowest BCUT2D eigenvalue weighted by atomic mass is 9.95. The minimum Gasteiger partial charge on any atom is -0.367 e. The van der Waals surface area contributed by atoms with Crippen molar-refractivity contribution in [3.05, 3.63) is 47.9 Å². The number of nitriles is 1. The molecule has 2 N–H and O–H groups in total. The van der Waals surface area contributed by atoms with Gasteiger partial charge in [0.05, 0.1) is 11.6 Å². The molecular weight excluding hydrogens is 302 g/mol. The number of hydrogen-bond donors (Lipinski definition) is 2. The average molecular weight is 321 g/mol. The molecule has 3 rings (SSSR count). The number of carbonyl (C=O) groups is 1. The Morgan fingerprint density at radius 3 is 2.79 bits per heavy atom. The van der Waals surface area contributed by atoms with E-state index in [0.717, 1.165) is 12.8 Å². The van der Waals surface area contributed by atoms with E-state index < -0.39 is 0 Å². The Kier molecular flexibility index (Phi) is 5.02. The Balaban J connectivity index is 1.68. The number of anilines is 2. The van der Waals surface area contributed by atoms with Crippen molar-refractivity contribution in [2.75, 3.05) is 10.6 Å². The Bertz CT molecular complexity index is 762. The maximum atomic E-state index is 12.3. The number of hydrogen-bond acceptors (Lipinski definition) is 5. The first-order valence-electron chi connectivity index (χ1n) is 8.15. The molecule has 1 fully saturated rings. The molecular formula is C18H19N5O. The van der Waals surface area contributed by atoms with Crippen LogP contribution in [0.3, 0.4) is 0 Å². The zero-order chi connectivity index (χ0) is 16.8. The van der Waals surface area contributed by atoms with Crippen molar-refractivity contribution in [3.8, 4) is 6.07 Å². The Morgan fingerprint density at radius 2 is 2.00 bits per heavy atom. The summed E-state index contributed by atoms with van der Waals surface area (Å²) in [6.07, 6.45) is 7.40. The van der Waals surface area contributed by atoms with Gasteiger partial charge in [-0.1, -0.05) is 25.3 Å². The van der Waals surface area contributed by atoms with E-state index >= 15 is 0 Å². The van der Waals surface area contributed by atoms with E-state index in [1.54, 1.807) is 30.3 Å². The van der Waals surface area contributed by atoms with Crippen molar-refractivity contribution in [3.63, 3.8) is 0 Å². The van der Waals surface area contributed by atoms with Crippen LogP contribution in [-0.2, 0) is 0 Å². The molecule has 2 aromatic rings. The quantitative estimate of drug-likeness (QED) is 0.901. The summed E-state index contributed by atoms with van der Waals surface area (Å²) in [7, 11) is 0. The van der Waals surface area contributed by atoms with Gasteiger partial charge in [-0.2, -0.15) is 5.26 Å². The molecule has 0 atom stereocenters. The molecule has 0 unspecified atom stereocenters. The molecule has 1 saturated carbocycles. The van der Waals surface area contributed by atoms with Crippen molar-refractivity contribution in [2.24, 2.45) is 0 Å². The molecule has 0 saturated heterocycles. The van der Waals surface area contributed by atoms with E-state index in [4.69, 9.17) is 5.26 Å². The fraction of sp³-hybridized carbons (Fsp3) is 0.333. The van der Waals surface area contributed by atoms with Gasteiger partial charge < -0.3 is 10.6 Å². The van der Waals surface area contributed by atoms with Crippen LogP contribution in [0.4, 0.5) is 11.5 Å². The molecule has 1 heterocycles. The van der Waals surface area contributed by atoms with E-state index in [-0.39, 0.29) is 5.91 Å². The third kappa shape index (κ3) is 4.07. The minimum atomic E-state index is -0.320. The molecule has 1 amide bonds. The summed E-state index contributed by atoms with van der Waals surface area (Å²) >= 11 is 0. The lowest BCUT2D eigenvalue weighted by Crippen LogP contribution is -2.23. The molecule has 24 heavy (non-hydrogen) atoms. The molecule has 1 aliphatic carbocycles. The molecule has 122 valence electrons. The number of nitrogens with one attached hydrogen (secondary N) is 2. The lowest BCUT2D eigenvalue weighted by Gasteiger charge is -2.23. The standard InChI is InChI=1S/C18H19N5O/c19-11-13-5-4-8-15(9-13)23-18(24)16-10-17(21-12-20-16)22-14-6-2-1-3-7-14/h4-5,8-10,12,14H,1-3,6-7H2,(H,23,24)(H,20,21,22). The van der Waals surface area contributed by atoms with Gasteiger partial charge in [0.25, 0.3) is 5.91 Å². The van der Waals surface area contributed by atoms with Crippen LogP contribution in [0.5, 0.6) is 0 Å². The third-order valence-electron chi connectivity index (χ3n) is 4.11. The van der Waals surface area contributed by atoms with Crippen LogP contribution < -0.4 is 10.6 Å². The molecule has 1 aromatic carbocycles. The highest BCUT2D eigenvalue weighted by atomic mass is 16.1. The molecule has 0 bridgehead atoms. The van der Waals surface area contributed by atoms with Crippen LogP contribution in [0, 0.1) is 11.3 Å². The lowest BCUT2D eigenvalue weighted by molar-refractivity contribution is 0.102. The van der Waals surface area contributed by atoms with E-state index in [1.807, 2.05) is 6.07 Å².